The van der Waals surface area contributed by atoms with Gasteiger partial charge in [-0.25, -0.2) is 9.97 Å². The fraction of sp³-hybridized carbons (Fsp3) is 0.0909. The molecule has 2 rings (SSSR count). The fourth-order valence-corrected chi connectivity index (χ4v) is 1.72. The summed E-state index contributed by atoms with van der Waals surface area (Å²) in [5.74, 6) is 0.470. The lowest BCUT2D eigenvalue weighted by Gasteiger charge is -2.06. The highest BCUT2D eigenvalue weighted by Crippen LogP contribution is 2.19. The van der Waals surface area contributed by atoms with Crippen LogP contribution in [0.15, 0.2) is 30.5 Å². The monoisotopic (exact) mass is 248 g/mol. The first-order valence-corrected chi connectivity index (χ1v) is 5.42. The highest BCUT2D eigenvalue weighted by Gasteiger charge is 2.18. The van der Waals surface area contributed by atoms with Gasteiger partial charge in [-0.2, -0.15) is 0 Å². The molecule has 0 aliphatic rings. The molecular formula is C11H10BClN2O2. The highest BCUT2D eigenvalue weighted by atomic mass is 35.5. The Labute approximate surface area is 104 Å². The molecule has 2 N–H and O–H groups in total. The van der Waals surface area contributed by atoms with E-state index < -0.39 is 7.12 Å². The largest absolute Gasteiger partial charge is 0.493 e. The number of nitrogens with zero attached hydrogens (tertiary/aromatic N) is 2. The van der Waals surface area contributed by atoms with Gasteiger partial charge in [0.25, 0.3) is 0 Å². The Morgan fingerprint density at radius 1 is 1.24 bits per heavy atom. The van der Waals surface area contributed by atoms with Crippen LogP contribution in [0.4, 0.5) is 0 Å². The number of aromatic nitrogens is 2. The predicted octanol–water partition coefficient (Wildman–Crippen LogP) is 0.785. The number of aryl methyl sites for hydroxylation is 1. The third-order valence-corrected chi connectivity index (χ3v) is 2.74. The molecule has 0 unspecified atom stereocenters. The minimum Gasteiger partial charge on any atom is -0.423 e. The summed E-state index contributed by atoms with van der Waals surface area (Å²) in [5.41, 5.74) is 2.00. The van der Waals surface area contributed by atoms with E-state index in [9.17, 15) is 0 Å². The van der Waals surface area contributed by atoms with E-state index in [1.807, 2.05) is 31.2 Å². The molecule has 6 heteroatoms. The lowest BCUT2D eigenvalue weighted by molar-refractivity contribution is 0.425. The van der Waals surface area contributed by atoms with Gasteiger partial charge in [0.05, 0.1) is 0 Å². The highest BCUT2D eigenvalue weighted by molar-refractivity contribution is 6.62. The Kier molecular flexibility index (Phi) is 3.42. The van der Waals surface area contributed by atoms with Crippen molar-refractivity contribution < 1.29 is 10.0 Å². The summed E-state index contributed by atoms with van der Waals surface area (Å²) >= 11 is 5.86. The second-order valence-electron chi connectivity index (χ2n) is 3.63. The maximum Gasteiger partial charge on any atom is 0.493 e. The van der Waals surface area contributed by atoms with E-state index in [-0.39, 0.29) is 10.6 Å². The first kappa shape index (κ1) is 12.0. The van der Waals surface area contributed by atoms with Gasteiger partial charge in [0, 0.05) is 17.2 Å². The Morgan fingerprint density at radius 3 is 2.53 bits per heavy atom. The molecule has 4 nitrogen and oxygen atoms in total. The van der Waals surface area contributed by atoms with Crippen LogP contribution in [0.2, 0.25) is 5.15 Å². The average molecular weight is 248 g/mol. The Balaban J connectivity index is 2.49. The van der Waals surface area contributed by atoms with Crippen molar-refractivity contribution in [3.8, 4) is 11.4 Å². The topological polar surface area (TPSA) is 66.2 Å². The lowest BCUT2D eigenvalue weighted by atomic mass is 9.83. The molecule has 86 valence electrons. The van der Waals surface area contributed by atoms with Crippen LogP contribution in [0.25, 0.3) is 11.4 Å². The zero-order valence-corrected chi connectivity index (χ0v) is 9.89. The van der Waals surface area contributed by atoms with Gasteiger partial charge in [-0.1, -0.05) is 35.9 Å². The maximum atomic E-state index is 9.01. The number of hydrogen-bond donors (Lipinski definition) is 2. The second-order valence-corrected chi connectivity index (χ2v) is 3.99. The first-order valence-electron chi connectivity index (χ1n) is 5.04. The van der Waals surface area contributed by atoms with Crippen LogP contribution in [-0.4, -0.2) is 27.1 Å². The molecule has 0 spiro atoms. The molecule has 0 amide bonds. The molecular weight excluding hydrogens is 238 g/mol. The molecule has 0 atom stereocenters. The van der Waals surface area contributed by atoms with Crippen LogP contribution in [0.1, 0.15) is 5.56 Å². The van der Waals surface area contributed by atoms with Crippen molar-refractivity contribution in [3.05, 3.63) is 41.2 Å². The van der Waals surface area contributed by atoms with Gasteiger partial charge in [-0.05, 0) is 12.5 Å². The van der Waals surface area contributed by atoms with Crippen molar-refractivity contribution in [2.24, 2.45) is 0 Å². The molecule has 0 aliphatic heterocycles. The summed E-state index contributed by atoms with van der Waals surface area (Å²) < 4.78 is 0. The van der Waals surface area contributed by atoms with E-state index in [2.05, 4.69) is 9.97 Å². The smallest absolute Gasteiger partial charge is 0.423 e. The van der Waals surface area contributed by atoms with Crippen LogP contribution >= 0.6 is 11.6 Å². The first-order chi connectivity index (χ1) is 8.09. The van der Waals surface area contributed by atoms with Crippen molar-refractivity contribution >= 4 is 24.2 Å². The SMILES string of the molecule is Cc1ccccc1-c1ncc(B(O)O)c(Cl)n1. The van der Waals surface area contributed by atoms with E-state index in [4.69, 9.17) is 21.6 Å². The molecule has 0 aliphatic carbocycles. The van der Waals surface area contributed by atoms with Crippen LogP contribution in [0.3, 0.4) is 0 Å². The number of hydrogen-bond acceptors (Lipinski definition) is 4. The molecule has 1 heterocycles. The van der Waals surface area contributed by atoms with Gasteiger partial charge >= 0.3 is 7.12 Å². The Bertz CT molecular complexity index is 549. The quantitative estimate of drug-likeness (QED) is 0.609. The van der Waals surface area contributed by atoms with E-state index in [1.54, 1.807) is 0 Å². The van der Waals surface area contributed by atoms with Crippen LogP contribution in [0, 0.1) is 6.92 Å². The average Bonchev–Trinajstić information content (AvgIpc) is 2.29. The van der Waals surface area contributed by atoms with Crippen molar-refractivity contribution in [2.75, 3.05) is 0 Å². The van der Waals surface area contributed by atoms with Gasteiger partial charge in [-0.3, -0.25) is 0 Å². The van der Waals surface area contributed by atoms with Gasteiger partial charge in [0.15, 0.2) is 5.82 Å². The summed E-state index contributed by atoms with van der Waals surface area (Å²) in [6, 6.07) is 7.64. The maximum absolute atomic E-state index is 9.01. The normalized spacial score (nSPS) is 10.4. The van der Waals surface area contributed by atoms with E-state index >= 15 is 0 Å². The zero-order chi connectivity index (χ0) is 12.4. The van der Waals surface area contributed by atoms with Crippen LogP contribution in [0.5, 0.6) is 0 Å². The van der Waals surface area contributed by atoms with Gasteiger partial charge in [0.1, 0.15) is 5.15 Å². The van der Waals surface area contributed by atoms with Gasteiger partial charge in [0.2, 0.25) is 0 Å². The minimum atomic E-state index is -1.66. The lowest BCUT2D eigenvalue weighted by Crippen LogP contribution is -2.32. The summed E-state index contributed by atoms with van der Waals surface area (Å²) in [6.45, 7) is 1.95. The zero-order valence-electron chi connectivity index (χ0n) is 9.13. The predicted molar refractivity (Wildman–Crippen MR) is 67.0 cm³/mol. The van der Waals surface area contributed by atoms with Crippen molar-refractivity contribution in [1.29, 1.82) is 0 Å². The third kappa shape index (κ3) is 2.47. The van der Waals surface area contributed by atoms with Crippen molar-refractivity contribution in [2.45, 2.75) is 6.92 Å². The van der Waals surface area contributed by atoms with Crippen LogP contribution in [-0.2, 0) is 0 Å². The summed E-state index contributed by atoms with van der Waals surface area (Å²) in [5, 5.41) is 18.1. The molecule has 17 heavy (non-hydrogen) atoms. The minimum absolute atomic E-state index is 0.0493. The van der Waals surface area contributed by atoms with E-state index in [0.29, 0.717) is 5.82 Å². The molecule has 0 radical (unpaired) electrons. The summed E-state index contributed by atoms with van der Waals surface area (Å²) in [6.07, 6.45) is 1.32. The number of halogens is 1. The number of rotatable bonds is 2. The second kappa shape index (κ2) is 4.83. The molecule has 0 fully saturated rings. The standard InChI is InChI=1S/C11H10BClN2O2/c1-7-4-2-3-5-8(7)11-14-6-9(12(16)17)10(13)15-11/h2-6,16-17H,1H3. The van der Waals surface area contributed by atoms with Gasteiger partial charge < -0.3 is 10.0 Å². The third-order valence-electron chi connectivity index (χ3n) is 2.43. The summed E-state index contributed by atoms with van der Waals surface area (Å²) in [4.78, 5) is 8.14. The Hall–Kier alpha value is -1.43. The Morgan fingerprint density at radius 2 is 1.94 bits per heavy atom. The molecule has 0 bridgehead atoms. The van der Waals surface area contributed by atoms with E-state index in [0.717, 1.165) is 11.1 Å². The molecule has 2 aromatic rings. The summed E-state index contributed by atoms with van der Waals surface area (Å²) in [7, 11) is -1.66. The molecule has 1 aromatic carbocycles. The van der Waals surface area contributed by atoms with Crippen molar-refractivity contribution in [1.82, 2.24) is 9.97 Å². The molecule has 1 aromatic heterocycles. The van der Waals surface area contributed by atoms with Gasteiger partial charge in [-0.15, -0.1) is 0 Å². The number of benzene rings is 1. The fourth-order valence-electron chi connectivity index (χ4n) is 1.50. The van der Waals surface area contributed by atoms with Crippen molar-refractivity contribution in [3.63, 3.8) is 0 Å². The molecule has 0 saturated heterocycles. The van der Waals surface area contributed by atoms with Crippen LogP contribution < -0.4 is 5.46 Å². The van der Waals surface area contributed by atoms with E-state index in [1.165, 1.54) is 6.20 Å². The molecule has 0 saturated carbocycles.